The van der Waals surface area contributed by atoms with Crippen LogP contribution in [0.15, 0.2) is 43.9 Å². The van der Waals surface area contributed by atoms with Crippen molar-refractivity contribution in [3.63, 3.8) is 0 Å². The molecule has 1 aromatic carbocycles. The molecule has 0 atom stereocenters. The highest BCUT2D eigenvalue weighted by Crippen LogP contribution is 2.41. The van der Waals surface area contributed by atoms with Crippen LogP contribution in [0.5, 0.6) is 0 Å². The predicted molar refractivity (Wildman–Crippen MR) is 79.2 cm³/mol. The molecule has 0 N–H and O–H groups in total. The second kappa shape index (κ2) is 5.85. The maximum Gasteiger partial charge on any atom is 0.294 e. The molecule has 0 aliphatic rings. The summed E-state index contributed by atoms with van der Waals surface area (Å²) in [4.78, 5) is 23.1. The third-order valence-corrected chi connectivity index (χ3v) is 5.13. The third-order valence-electron chi connectivity index (χ3n) is 2.23. The van der Waals surface area contributed by atoms with Crippen molar-refractivity contribution in [3.8, 4) is 0 Å². The first-order valence-electron chi connectivity index (χ1n) is 5.20. The van der Waals surface area contributed by atoms with Gasteiger partial charge in [0.25, 0.3) is 5.69 Å². The van der Waals surface area contributed by atoms with E-state index < -0.39 is 4.92 Å². The van der Waals surface area contributed by atoms with Gasteiger partial charge in [0.15, 0.2) is 5.78 Å². The molecule has 0 bridgehead atoms. The Morgan fingerprint density at radius 3 is 2.74 bits per heavy atom. The van der Waals surface area contributed by atoms with Gasteiger partial charge >= 0.3 is 0 Å². The number of rotatable bonds is 4. The molecule has 0 saturated carbocycles. The Morgan fingerprint density at radius 1 is 1.42 bits per heavy atom. The van der Waals surface area contributed by atoms with Crippen LogP contribution in [-0.4, -0.2) is 10.7 Å². The Bertz CT molecular complexity index is 654. The zero-order valence-corrected chi connectivity index (χ0v) is 13.0. The van der Waals surface area contributed by atoms with Gasteiger partial charge in [0, 0.05) is 15.4 Å². The van der Waals surface area contributed by atoms with Crippen LogP contribution >= 0.6 is 39.0 Å². The maximum absolute atomic E-state index is 11.3. The molecule has 0 aliphatic heterocycles. The van der Waals surface area contributed by atoms with Crippen molar-refractivity contribution in [3.05, 3.63) is 49.8 Å². The van der Waals surface area contributed by atoms with Crippen LogP contribution in [0.4, 0.5) is 5.69 Å². The van der Waals surface area contributed by atoms with E-state index in [0.29, 0.717) is 9.09 Å². The zero-order valence-electron chi connectivity index (χ0n) is 9.75. The highest BCUT2D eigenvalue weighted by molar-refractivity contribution is 9.10. The van der Waals surface area contributed by atoms with Crippen molar-refractivity contribution in [1.82, 2.24) is 0 Å². The largest absolute Gasteiger partial charge is 0.294 e. The fourth-order valence-electron chi connectivity index (χ4n) is 1.38. The van der Waals surface area contributed by atoms with Gasteiger partial charge in [-0.1, -0.05) is 33.8 Å². The van der Waals surface area contributed by atoms with Gasteiger partial charge < -0.3 is 0 Å². The topological polar surface area (TPSA) is 60.2 Å². The second-order valence-corrected chi connectivity index (χ2v) is 6.97. The molecular formula is C12H8BrNO3S2. The van der Waals surface area contributed by atoms with E-state index in [4.69, 9.17) is 0 Å². The van der Waals surface area contributed by atoms with Crippen LogP contribution < -0.4 is 0 Å². The van der Waals surface area contributed by atoms with Gasteiger partial charge in [-0.3, -0.25) is 14.9 Å². The first kappa shape index (κ1) is 14.2. The minimum atomic E-state index is -0.455. The highest BCUT2D eigenvalue weighted by atomic mass is 79.9. The van der Waals surface area contributed by atoms with E-state index in [9.17, 15) is 14.9 Å². The van der Waals surface area contributed by atoms with Crippen LogP contribution in [0.2, 0.25) is 0 Å². The predicted octanol–water partition coefficient (Wildman–Crippen LogP) is 4.77. The molecule has 0 radical (unpaired) electrons. The average molecular weight is 358 g/mol. The van der Waals surface area contributed by atoms with E-state index in [2.05, 4.69) is 15.9 Å². The lowest BCUT2D eigenvalue weighted by Gasteiger charge is -1.99. The first-order valence-corrected chi connectivity index (χ1v) is 7.62. The van der Waals surface area contributed by atoms with Gasteiger partial charge in [-0.05, 0) is 25.1 Å². The monoisotopic (exact) mass is 357 g/mol. The van der Waals surface area contributed by atoms with Crippen molar-refractivity contribution >= 4 is 50.5 Å². The smallest absolute Gasteiger partial charge is 0.294 e. The molecular weight excluding hydrogens is 350 g/mol. The van der Waals surface area contributed by atoms with Crippen LogP contribution in [0.3, 0.4) is 0 Å². The normalized spacial score (nSPS) is 10.4. The molecule has 19 heavy (non-hydrogen) atoms. The highest BCUT2D eigenvalue weighted by Gasteiger charge is 2.21. The number of halogens is 1. The summed E-state index contributed by atoms with van der Waals surface area (Å²) in [5.41, 5.74) is -0.0137. The summed E-state index contributed by atoms with van der Waals surface area (Å²) < 4.78 is 1.43. The number of nitrogens with zero attached hydrogens (tertiary/aromatic N) is 1. The number of benzene rings is 1. The van der Waals surface area contributed by atoms with Crippen molar-refractivity contribution in [2.75, 3.05) is 0 Å². The Morgan fingerprint density at radius 2 is 2.16 bits per heavy atom. The molecule has 2 rings (SSSR count). The van der Waals surface area contributed by atoms with Gasteiger partial charge in [0.1, 0.15) is 4.21 Å². The average Bonchev–Trinajstić information content (AvgIpc) is 2.73. The first-order chi connectivity index (χ1) is 8.97. The number of hydrogen-bond acceptors (Lipinski definition) is 5. The lowest BCUT2D eigenvalue weighted by molar-refractivity contribution is -0.387. The maximum atomic E-state index is 11.3. The van der Waals surface area contributed by atoms with Crippen molar-refractivity contribution in [2.24, 2.45) is 0 Å². The summed E-state index contributed by atoms with van der Waals surface area (Å²) in [7, 11) is 0. The van der Waals surface area contributed by atoms with Crippen LogP contribution in [-0.2, 0) is 0 Å². The van der Waals surface area contributed by atoms with E-state index in [-0.39, 0.29) is 11.5 Å². The Hall–Kier alpha value is -1.18. The quantitative estimate of drug-likeness (QED) is 0.449. The summed E-state index contributed by atoms with van der Waals surface area (Å²) in [5, 5.41) is 11.0. The molecule has 1 heterocycles. The summed E-state index contributed by atoms with van der Waals surface area (Å²) >= 11 is 5.80. The van der Waals surface area contributed by atoms with Gasteiger partial charge in [0.05, 0.1) is 9.80 Å². The lowest BCUT2D eigenvalue weighted by atomic mass is 10.3. The number of nitro groups is 1. The summed E-state index contributed by atoms with van der Waals surface area (Å²) in [6, 6.07) is 8.83. The van der Waals surface area contributed by atoms with E-state index in [1.54, 1.807) is 0 Å². The number of carbonyl (C=O) groups is 1. The number of carbonyl (C=O) groups excluding carboxylic acids is 1. The number of hydrogen-bond donors (Lipinski definition) is 0. The molecule has 0 aliphatic carbocycles. The molecule has 0 spiro atoms. The van der Waals surface area contributed by atoms with Crippen molar-refractivity contribution < 1.29 is 9.72 Å². The molecule has 1 aromatic heterocycles. The molecule has 2 aromatic rings. The molecule has 0 unspecified atom stereocenters. The van der Waals surface area contributed by atoms with Crippen molar-refractivity contribution in [2.45, 2.75) is 16.0 Å². The molecule has 0 saturated heterocycles. The fraction of sp³-hybridized carbons (Fsp3) is 0.0833. The summed E-state index contributed by atoms with van der Waals surface area (Å²) in [5.74, 6) is -0.158. The van der Waals surface area contributed by atoms with Crippen LogP contribution in [0.1, 0.15) is 16.6 Å². The fourth-order valence-corrected chi connectivity index (χ4v) is 4.19. The van der Waals surface area contributed by atoms with E-state index in [1.807, 2.05) is 24.3 Å². The van der Waals surface area contributed by atoms with Gasteiger partial charge in [-0.25, -0.2) is 0 Å². The van der Waals surface area contributed by atoms with E-state index in [1.165, 1.54) is 24.8 Å². The molecule has 4 nitrogen and oxygen atoms in total. The number of thiophene rings is 1. The minimum Gasteiger partial charge on any atom is -0.294 e. The molecule has 98 valence electrons. The van der Waals surface area contributed by atoms with Crippen molar-refractivity contribution in [1.29, 1.82) is 0 Å². The van der Waals surface area contributed by atoms with Gasteiger partial charge in [-0.15, -0.1) is 11.3 Å². The molecule has 0 fully saturated rings. The molecule has 7 heteroatoms. The zero-order chi connectivity index (χ0) is 14.0. The second-order valence-electron chi connectivity index (χ2n) is 3.66. The summed E-state index contributed by atoms with van der Waals surface area (Å²) in [6.07, 6.45) is 0. The Balaban J connectivity index is 2.38. The SMILES string of the molecule is CC(=O)c1cc([N+](=O)[O-])c(Sc2cccc(Br)c2)s1. The van der Waals surface area contributed by atoms with E-state index in [0.717, 1.165) is 20.7 Å². The summed E-state index contributed by atoms with van der Waals surface area (Å²) in [6.45, 7) is 1.41. The van der Waals surface area contributed by atoms with Crippen LogP contribution in [0, 0.1) is 10.1 Å². The number of ketones is 1. The Labute approximate surface area is 126 Å². The number of Topliss-reactive ketones (excluding diaryl/α,β-unsaturated/α-hetero) is 1. The minimum absolute atomic E-state index is 0.0137. The lowest BCUT2D eigenvalue weighted by Crippen LogP contribution is -1.87. The standard InChI is InChI=1S/C12H8BrNO3S2/c1-7(15)11-6-10(14(16)17)12(19-11)18-9-4-2-3-8(13)5-9/h2-6H,1H3. The van der Waals surface area contributed by atoms with Crippen LogP contribution in [0.25, 0.3) is 0 Å². The van der Waals surface area contributed by atoms with Gasteiger partial charge in [0.2, 0.25) is 0 Å². The third kappa shape index (κ3) is 3.43. The Kier molecular flexibility index (Phi) is 4.38. The van der Waals surface area contributed by atoms with E-state index >= 15 is 0 Å². The molecule has 0 amide bonds. The van der Waals surface area contributed by atoms with Gasteiger partial charge in [-0.2, -0.15) is 0 Å².